The van der Waals surface area contributed by atoms with Gasteiger partial charge >= 0.3 is 0 Å². The van der Waals surface area contributed by atoms with Gasteiger partial charge in [-0.25, -0.2) is 12.8 Å². The summed E-state index contributed by atoms with van der Waals surface area (Å²) in [6, 6.07) is 4.28. The van der Waals surface area contributed by atoms with Crippen LogP contribution in [0.15, 0.2) is 24.3 Å². The summed E-state index contributed by atoms with van der Waals surface area (Å²) in [7, 11) is -3.69. The fourth-order valence-electron chi connectivity index (χ4n) is 3.22. The number of benzene rings is 1. The van der Waals surface area contributed by atoms with E-state index < -0.39 is 21.9 Å². The molecule has 1 atom stereocenters. The standard InChI is InChI=1S/C18H27FN2O3S2/c1-3-17(18(22)20-12-13-25-16-6-4-5-7-16)21(26(2,23)24)15-10-8-14(19)9-11-15/h8-11,16-17H,3-7,12-13H2,1-2H3,(H,20,22)/t17-/m0/s1. The Kier molecular flexibility index (Phi) is 7.76. The van der Waals surface area contributed by atoms with Crippen molar-refractivity contribution in [1.29, 1.82) is 0 Å². The maximum Gasteiger partial charge on any atom is 0.243 e. The van der Waals surface area contributed by atoms with Crippen molar-refractivity contribution < 1.29 is 17.6 Å². The number of carbonyl (C=O) groups is 1. The molecule has 2 rings (SSSR count). The van der Waals surface area contributed by atoms with Gasteiger partial charge in [0.05, 0.1) is 11.9 Å². The number of carbonyl (C=O) groups excluding carboxylic acids is 1. The molecule has 0 heterocycles. The Bertz CT molecular complexity index is 689. The Morgan fingerprint density at radius 2 is 1.92 bits per heavy atom. The van der Waals surface area contributed by atoms with Crippen LogP contribution in [0.3, 0.4) is 0 Å². The lowest BCUT2D eigenvalue weighted by atomic mass is 10.2. The molecule has 1 fully saturated rings. The Morgan fingerprint density at radius 1 is 1.31 bits per heavy atom. The van der Waals surface area contributed by atoms with Crippen LogP contribution >= 0.6 is 11.8 Å². The van der Waals surface area contributed by atoms with Crippen LogP contribution in [0.25, 0.3) is 0 Å². The van der Waals surface area contributed by atoms with Crippen LogP contribution < -0.4 is 9.62 Å². The van der Waals surface area contributed by atoms with Crippen molar-refractivity contribution in [2.75, 3.05) is 22.9 Å². The van der Waals surface area contributed by atoms with E-state index in [-0.39, 0.29) is 11.6 Å². The van der Waals surface area contributed by atoms with Gasteiger partial charge in [-0.2, -0.15) is 11.8 Å². The minimum absolute atomic E-state index is 0.288. The largest absolute Gasteiger partial charge is 0.353 e. The summed E-state index contributed by atoms with van der Waals surface area (Å²) < 4.78 is 38.8. The van der Waals surface area contributed by atoms with Crippen LogP contribution in [0.4, 0.5) is 10.1 Å². The maximum atomic E-state index is 13.2. The van der Waals surface area contributed by atoms with Crippen molar-refractivity contribution in [3.05, 3.63) is 30.1 Å². The van der Waals surface area contributed by atoms with Crippen molar-refractivity contribution in [1.82, 2.24) is 5.32 Å². The molecule has 1 saturated carbocycles. The lowest BCUT2D eigenvalue weighted by Crippen LogP contribution is -2.49. The van der Waals surface area contributed by atoms with Crippen molar-refractivity contribution in [3.8, 4) is 0 Å². The second kappa shape index (κ2) is 9.60. The predicted molar refractivity (Wildman–Crippen MR) is 106 cm³/mol. The first kappa shape index (κ1) is 21.0. The van der Waals surface area contributed by atoms with E-state index in [0.29, 0.717) is 18.2 Å². The molecule has 1 aromatic carbocycles. The SMILES string of the molecule is CC[C@@H](C(=O)NCCSC1CCCC1)N(c1ccc(F)cc1)S(C)(=O)=O. The fraction of sp³-hybridized carbons (Fsp3) is 0.611. The maximum absolute atomic E-state index is 13.2. The number of hydrogen-bond donors (Lipinski definition) is 1. The van der Waals surface area contributed by atoms with Gasteiger partial charge in [-0.05, 0) is 43.5 Å². The molecule has 0 saturated heterocycles. The number of nitrogens with one attached hydrogen (secondary N) is 1. The van der Waals surface area contributed by atoms with E-state index in [0.717, 1.165) is 16.3 Å². The quantitative estimate of drug-likeness (QED) is 0.645. The van der Waals surface area contributed by atoms with Gasteiger partial charge in [0.2, 0.25) is 15.9 Å². The summed E-state index contributed by atoms with van der Waals surface area (Å²) >= 11 is 1.87. The molecular weight excluding hydrogens is 375 g/mol. The predicted octanol–water partition coefficient (Wildman–Crippen LogP) is 3.16. The highest BCUT2D eigenvalue weighted by atomic mass is 32.2. The Labute approximate surface area is 159 Å². The zero-order valence-electron chi connectivity index (χ0n) is 15.3. The number of anilines is 1. The van der Waals surface area contributed by atoms with Crippen molar-refractivity contribution in [2.24, 2.45) is 0 Å². The molecular formula is C18H27FN2O3S2. The third kappa shape index (κ3) is 5.87. The molecule has 1 aliphatic rings. The van der Waals surface area contributed by atoms with Gasteiger partial charge in [-0.3, -0.25) is 9.10 Å². The molecule has 0 radical (unpaired) electrons. The molecule has 26 heavy (non-hydrogen) atoms. The van der Waals surface area contributed by atoms with Gasteiger partial charge in [0.1, 0.15) is 11.9 Å². The first-order valence-electron chi connectivity index (χ1n) is 8.97. The number of halogens is 1. The average molecular weight is 403 g/mol. The second-order valence-electron chi connectivity index (χ2n) is 6.53. The third-order valence-corrected chi connectivity index (χ3v) is 7.03. The zero-order valence-corrected chi connectivity index (χ0v) is 16.9. The molecule has 1 aliphatic carbocycles. The molecule has 5 nitrogen and oxygen atoms in total. The number of thioether (sulfide) groups is 1. The summed E-state index contributed by atoms with van der Waals surface area (Å²) in [4.78, 5) is 12.6. The van der Waals surface area contributed by atoms with E-state index in [2.05, 4.69) is 5.32 Å². The van der Waals surface area contributed by atoms with Crippen molar-refractivity contribution >= 4 is 33.4 Å². The normalized spacial score (nSPS) is 16.4. The topological polar surface area (TPSA) is 66.5 Å². The van der Waals surface area contributed by atoms with Crippen LogP contribution in [0.5, 0.6) is 0 Å². The molecule has 0 bridgehead atoms. The van der Waals surface area contributed by atoms with Crippen LogP contribution in [0, 0.1) is 5.82 Å². The Hall–Kier alpha value is -1.28. The summed E-state index contributed by atoms with van der Waals surface area (Å²) in [5, 5.41) is 3.53. The van der Waals surface area contributed by atoms with E-state index in [1.807, 2.05) is 11.8 Å². The van der Waals surface area contributed by atoms with Crippen molar-refractivity contribution in [3.63, 3.8) is 0 Å². The van der Waals surface area contributed by atoms with Gasteiger partial charge in [-0.15, -0.1) is 0 Å². The minimum atomic E-state index is -3.69. The molecule has 1 N–H and O–H groups in total. The highest BCUT2D eigenvalue weighted by Gasteiger charge is 2.31. The number of sulfonamides is 1. The first-order chi connectivity index (χ1) is 12.3. The van der Waals surface area contributed by atoms with Gasteiger partial charge in [0.25, 0.3) is 0 Å². The van der Waals surface area contributed by atoms with E-state index in [1.54, 1.807) is 6.92 Å². The average Bonchev–Trinajstić information content (AvgIpc) is 3.10. The smallest absolute Gasteiger partial charge is 0.243 e. The third-order valence-electron chi connectivity index (χ3n) is 4.47. The van der Waals surface area contributed by atoms with Crippen LogP contribution in [0.2, 0.25) is 0 Å². The van der Waals surface area contributed by atoms with E-state index in [9.17, 15) is 17.6 Å². The monoisotopic (exact) mass is 402 g/mol. The van der Waals surface area contributed by atoms with Gasteiger partial charge < -0.3 is 5.32 Å². The molecule has 0 spiro atoms. The summed E-state index contributed by atoms with van der Waals surface area (Å²) in [5.41, 5.74) is 0.288. The van der Waals surface area contributed by atoms with Crippen LogP contribution in [-0.2, 0) is 14.8 Å². The number of hydrogen-bond acceptors (Lipinski definition) is 4. The van der Waals surface area contributed by atoms with E-state index >= 15 is 0 Å². The Morgan fingerprint density at radius 3 is 2.46 bits per heavy atom. The summed E-state index contributed by atoms with van der Waals surface area (Å²) in [6.07, 6.45) is 6.42. The lowest BCUT2D eigenvalue weighted by molar-refractivity contribution is -0.122. The molecule has 146 valence electrons. The fourth-order valence-corrected chi connectivity index (χ4v) is 5.65. The van der Waals surface area contributed by atoms with Crippen LogP contribution in [0.1, 0.15) is 39.0 Å². The second-order valence-corrected chi connectivity index (χ2v) is 9.80. The Balaban J connectivity index is 2.01. The minimum Gasteiger partial charge on any atom is -0.353 e. The molecule has 0 aromatic heterocycles. The molecule has 1 amide bonds. The van der Waals surface area contributed by atoms with E-state index in [4.69, 9.17) is 0 Å². The highest BCUT2D eigenvalue weighted by Crippen LogP contribution is 2.29. The number of rotatable bonds is 9. The molecule has 8 heteroatoms. The number of nitrogens with zero attached hydrogens (tertiary/aromatic N) is 1. The first-order valence-corrected chi connectivity index (χ1v) is 11.9. The molecule has 0 aliphatic heterocycles. The molecule has 1 aromatic rings. The van der Waals surface area contributed by atoms with Crippen LogP contribution in [-0.4, -0.2) is 44.2 Å². The summed E-state index contributed by atoms with van der Waals surface area (Å²) in [5.74, 6) is 0.0420. The summed E-state index contributed by atoms with van der Waals surface area (Å²) in [6.45, 7) is 2.27. The zero-order chi connectivity index (χ0) is 19.2. The van der Waals surface area contributed by atoms with Gasteiger partial charge in [0.15, 0.2) is 0 Å². The van der Waals surface area contributed by atoms with Gasteiger partial charge in [0, 0.05) is 17.5 Å². The molecule has 0 unspecified atom stereocenters. The lowest BCUT2D eigenvalue weighted by Gasteiger charge is -2.30. The number of amides is 1. The van der Waals surface area contributed by atoms with Gasteiger partial charge in [-0.1, -0.05) is 19.8 Å². The highest BCUT2D eigenvalue weighted by molar-refractivity contribution is 7.99. The van der Waals surface area contributed by atoms with Crippen molar-refractivity contribution in [2.45, 2.75) is 50.3 Å². The van der Waals surface area contributed by atoms with E-state index in [1.165, 1.54) is 49.9 Å².